The molecule has 0 bridgehead atoms. The van der Waals surface area contributed by atoms with E-state index in [0.29, 0.717) is 10.9 Å². The lowest BCUT2D eigenvalue weighted by Crippen LogP contribution is -2.20. The minimum atomic E-state index is -4.03. The molecule has 1 unspecified atom stereocenters. The van der Waals surface area contributed by atoms with Gasteiger partial charge in [-0.3, -0.25) is 4.79 Å². The summed E-state index contributed by atoms with van der Waals surface area (Å²) in [5.41, 5.74) is -1.02. The van der Waals surface area contributed by atoms with Crippen molar-refractivity contribution in [2.24, 2.45) is 0 Å². The maximum Gasteiger partial charge on any atom is 0.307 e. The molecule has 0 aliphatic heterocycles. The molecule has 3 aromatic rings. The molecular weight excluding hydrogens is 381 g/mol. The minimum Gasteiger partial charge on any atom is -0.439 e. The van der Waals surface area contributed by atoms with Gasteiger partial charge in [0.1, 0.15) is 5.82 Å². The smallest absolute Gasteiger partial charge is 0.307 e. The van der Waals surface area contributed by atoms with Gasteiger partial charge in [0.25, 0.3) is 0 Å². The minimum absolute atomic E-state index is 0.0109. The van der Waals surface area contributed by atoms with Crippen molar-refractivity contribution in [2.45, 2.75) is 23.7 Å². The number of sulfone groups is 1. The quantitative estimate of drug-likeness (QED) is 0.650. The Hall–Kier alpha value is -2.38. The van der Waals surface area contributed by atoms with Gasteiger partial charge in [-0.25, -0.2) is 12.8 Å². The fourth-order valence-corrected chi connectivity index (χ4v) is 4.15. The van der Waals surface area contributed by atoms with Gasteiger partial charge in [-0.1, -0.05) is 36.7 Å². The first-order chi connectivity index (χ1) is 12.3. The summed E-state index contributed by atoms with van der Waals surface area (Å²) in [4.78, 5) is 14.7. The lowest BCUT2D eigenvalue weighted by Gasteiger charge is -2.17. The highest BCUT2D eigenvalue weighted by Gasteiger charge is 2.33. The molecule has 8 heteroatoms. The van der Waals surface area contributed by atoms with E-state index in [9.17, 15) is 17.6 Å². The SMILES string of the molecule is CCC(=O)OC(c1cc2cc(F)c(Cl)cc2[nH]1)S(=O)(=O)c1ccccc1. The number of ether oxygens (including phenoxy) is 1. The Labute approximate surface area is 154 Å². The van der Waals surface area contributed by atoms with Crippen molar-refractivity contribution in [1.82, 2.24) is 4.98 Å². The summed E-state index contributed by atoms with van der Waals surface area (Å²) in [5, 5.41) is 0.321. The molecule has 1 aromatic heterocycles. The van der Waals surface area contributed by atoms with Crippen LogP contribution in [0.2, 0.25) is 5.02 Å². The average Bonchev–Trinajstić information content (AvgIpc) is 3.02. The third kappa shape index (κ3) is 3.45. The van der Waals surface area contributed by atoms with E-state index in [-0.39, 0.29) is 22.0 Å². The number of H-pyrrole nitrogens is 1. The fraction of sp³-hybridized carbons (Fsp3) is 0.167. The van der Waals surface area contributed by atoms with Crippen molar-refractivity contribution in [3.8, 4) is 0 Å². The summed E-state index contributed by atoms with van der Waals surface area (Å²) >= 11 is 5.77. The Morgan fingerprint density at radius 1 is 1.23 bits per heavy atom. The van der Waals surface area contributed by atoms with E-state index in [2.05, 4.69) is 4.98 Å². The number of carbonyl (C=O) groups excluding carboxylic acids is 1. The first-order valence-corrected chi connectivity index (χ1v) is 9.71. The number of hydrogen-bond acceptors (Lipinski definition) is 4. The highest BCUT2D eigenvalue weighted by Crippen LogP contribution is 2.33. The van der Waals surface area contributed by atoms with E-state index in [1.54, 1.807) is 25.1 Å². The number of hydrogen-bond donors (Lipinski definition) is 1. The number of rotatable bonds is 5. The monoisotopic (exact) mass is 395 g/mol. The Morgan fingerprint density at radius 2 is 1.92 bits per heavy atom. The molecule has 0 radical (unpaired) electrons. The molecule has 136 valence electrons. The Kier molecular flexibility index (Phi) is 5.02. The van der Waals surface area contributed by atoms with Gasteiger partial charge in [-0.15, -0.1) is 0 Å². The van der Waals surface area contributed by atoms with Crippen LogP contribution in [-0.4, -0.2) is 19.4 Å². The van der Waals surface area contributed by atoms with Crippen LogP contribution in [0.1, 0.15) is 24.5 Å². The Morgan fingerprint density at radius 3 is 2.58 bits per heavy atom. The van der Waals surface area contributed by atoms with Crippen molar-refractivity contribution < 1.29 is 22.3 Å². The molecule has 3 rings (SSSR count). The van der Waals surface area contributed by atoms with Crippen molar-refractivity contribution in [3.63, 3.8) is 0 Å². The lowest BCUT2D eigenvalue weighted by atomic mass is 10.2. The Bertz CT molecular complexity index is 1020. The van der Waals surface area contributed by atoms with Crippen LogP contribution in [0.15, 0.2) is 53.4 Å². The molecule has 1 atom stereocenters. The number of esters is 1. The van der Waals surface area contributed by atoms with Crippen LogP contribution in [0, 0.1) is 5.82 Å². The van der Waals surface area contributed by atoms with Gasteiger partial charge in [0.15, 0.2) is 0 Å². The number of benzene rings is 2. The van der Waals surface area contributed by atoms with E-state index < -0.39 is 27.1 Å². The number of fused-ring (bicyclic) bond motifs is 1. The number of nitrogens with one attached hydrogen (secondary N) is 1. The van der Waals surface area contributed by atoms with Gasteiger partial charge in [0.2, 0.25) is 15.3 Å². The van der Waals surface area contributed by atoms with Crippen LogP contribution in [-0.2, 0) is 19.4 Å². The average molecular weight is 396 g/mol. The van der Waals surface area contributed by atoms with Gasteiger partial charge in [0.05, 0.1) is 15.6 Å². The summed E-state index contributed by atoms with van der Waals surface area (Å²) in [6, 6.07) is 11.6. The predicted molar refractivity (Wildman–Crippen MR) is 96.0 cm³/mol. The predicted octanol–water partition coefficient (Wildman–Crippen LogP) is 4.39. The molecule has 0 saturated carbocycles. The molecule has 0 amide bonds. The molecule has 0 spiro atoms. The zero-order valence-corrected chi connectivity index (χ0v) is 15.3. The molecule has 1 N–H and O–H groups in total. The summed E-state index contributed by atoms with van der Waals surface area (Å²) in [6.45, 7) is 1.56. The van der Waals surface area contributed by atoms with Crippen LogP contribution in [0.4, 0.5) is 4.39 Å². The molecule has 0 saturated heterocycles. The van der Waals surface area contributed by atoms with E-state index >= 15 is 0 Å². The van der Waals surface area contributed by atoms with Crippen molar-refractivity contribution in [2.75, 3.05) is 0 Å². The van der Waals surface area contributed by atoms with Crippen molar-refractivity contribution in [1.29, 1.82) is 0 Å². The van der Waals surface area contributed by atoms with Gasteiger partial charge in [-0.2, -0.15) is 0 Å². The molecule has 26 heavy (non-hydrogen) atoms. The molecular formula is C18H15ClFNO4S. The molecule has 1 heterocycles. The highest BCUT2D eigenvalue weighted by atomic mass is 35.5. The largest absolute Gasteiger partial charge is 0.439 e. The summed E-state index contributed by atoms with van der Waals surface area (Å²) in [7, 11) is -4.03. The molecule has 0 aliphatic carbocycles. The van der Waals surface area contributed by atoms with E-state index in [1.807, 2.05) is 0 Å². The topological polar surface area (TPSA) is 76.2 Å². The third-order valence-corrected chi connectivity index (χ3v) is 5.95. The molecule has 0 aliphatic rings. The van der Waals surface area contributed by atoms with Crippen molar-refractivity contribution >= 4 is 38.3 Å². The normalized spacial score (nSPS) is 12.9. The van der Waals surface area contributed by atoms with Crippen LogP contribution in [0.5, 0.6) is 0 Å². The van der Waals surface area contributed by atoms with E-state index in [1.165, 1.54) is 30.3 Å². The molecule has 0 fully saturated rings. The number of carbonyl (C=O) groups is 1. The summed E-state index contributed by atoms with van der Waals surface area (Å²) < 4.78 is 44.9. The highest BCUT2D eigenvalue weighted by molar-refractivity contribution is 7.91. The molecule has 5 nitrogen and oxygen atoms in total. The van der Waals surface area contributed by atoms with Gasteiger partial charge in [0, 0.05) is 17.3 Å². The second-order valence-corrected chi connectivity index (χ2v) is 8.01. The van der Waals surface area contributed by atoms with Gasteiger partial charge >= 0.3 is 5.97 Å². The standard InChI is InChI=1S/C18H15ClFNO4S/c1-2-17(22)25-18(26(23,24)12-6-4-3-5-7-12)16-9-11-8-14(20)13(19)10-15(11)21-16/h3-10,18,21H,2H2,1H3. The summed E-state index contributed by atoms with van der Waals surface area (Å²) in [5.74, 6) is -1.30. The number of aromatic amines is 1. The first kappa shape index (κ1) is 18.4. The Balaban J connectivity index is 2.14. The maximum absolute atomic E-state index is 13.7. The second-order valence-electron chi connectivity index (χ2n) is 5.61. The fourth-order valence-electron chi connectivity index (χ4n) is 2.51. The molecule has 2 aromatic carbocycles. The number of halogens is 2. The summed E-state index contributed by atoms with van der Waals surface area (Å²) in [6.07, 6.45) is 0.0154. The third-order valence-electron chi connectivity index (χ3n) is 3.82. The zero-order valence-electron chi connectivity index (χ0n) is 13.7. The van der Waals surface area contributed by atoms with Crippen LogP contribution < -0.4 is 0 Å². The van der Waals surface area contributed by atoms with Crippen LogP contribution in [0.25, 0.3) is 10.9 Å². The van der Waals surface area contributed by atoms with E-state index in [0.717, 1.165) is 0 Å². The lowest BCUT2D eigenvalue weighted by molar-refractivity contribution is -0.145. The zero-order chi connectivity index (χ0) is 18.9. The second kappa shape index (κ2) is 7.09. The number of aromatic nitrogens is 1. The van der Waals surface area contributed by atoms with Crippen molar-refractivity contribution in [3.05, 3.63) is 65.1 Å². The maximum atomic E-state index is 13.7. The van der Waals surface area contributed by atoms with Crippen LogP contribution in [0.3, 0.4) is 0 Å². The first-order valence-electron chi connectivity index (χ1n) is 7.79. The van der Waals surface area contributed by atoms with E-state index in [4.69, 9.17) is 16.3 Å². The van der Waals surface area contributed by atoms with Crippen LogP contribution >= 0.6 is 11.6 Å². The van der Waals surface area contributed by atoms with Gasteiger partial charge in [-0.05, 0) is 30.3 Å². The van der Waals surface area contributed by atoms with Gasteiger partial charge < -0.3 is 9.72 Å².